The molecular formula is C32H37ClF2. The lowest BCUT2D eigenvalue weighted by Crippen LogP contribution is -2.14. The zero-order chi connectivity index (χ0) is 24.6. The van der Waals surface area contributed by atoms with Gasteiger partial charge in [-0.05, 0) is 110 Å². The van der Waals surface area contributed by atoms with Gasteiger partial charge in [0, 0.05) is 5.02 Å². The molecule has 0 spiro atoms. The number of benzene rings is 3. The summed E-state index contributed by atoms with van der Waals surface area (Å²) in [6, 6.07) is 19.0. The van der Waals surface area contributed by atoms with E-state index in [9.17, 15) is 8.78 Å². The number of aryl methyl sites for hydroxylation is 2. The fourth-order valence-electron chi connectivity index (χ4n) is 5.53. The van der Waals surface area contributed by atoms with E-state index in [1.54, 1.807) is 24.3 Å². The van der Waals surface area contributed by atoms with Gasteiger partial charge in [-0.2, -0.15) is 0 Å². The summed E-state index contributed by atoms with van der Waals surface area (Å²) in [5, 5.41) is 0.552. The Morgan fingerprint density at radius 1 is 0.743 bits per heavy atom. The van der Waals surface area contributed by atoms with Gasteiger partial charge in [0.1, 0.15) is 11.6 Å². The summed E-state index contributed by atoms with van der Waals surface area (Å²) in [4.78, 5) is 0. The molecule has 0 unspecified atom stereocenters. The average molecular weight is 495 g/mol. The van der Waals surface area contributed by atoms with E-state index in [-0.39, 0.29) is 5.56 Å². The first-order chi connectivity index (χ1) is 17.0. The van der Waals surface area contributed by atoms with Gasteiger partial charge in [0.05, 0.1) is 5.56 Å². The predicted molar refractivity (Wildman–Crippen MR) is 144 cm³/mol. The summed E-state index contributed by atoms with van der Waals surface area (Å²) >= 11 is 5.91. The monoisotopic (exact) mass is 494 g/mol. The quantitative estimate of drug-likeness (QED) is 0.246. The lowest BCUT2D eigenvalue weighted by molar-refractivity contribution is 0.310. The summed E-state index contributed by atoms with van der Waals surface area (Å²) in [6.07, 6.45) is 12.9. The third kappa shape index (κ3) is 7.17. The molecule has 1 fully saturated rings. The first-order valence-corrected chi connectivity index (χ1v) is 13.7. The largest absolute Gasteiger partial charge is 0.206 e. The van der Waals surface area contributed by atoms with E-state index in [1.807, 2.05) is 0 Å². The maximum atomic E-state index is 14.8. The molecule has 186 valence electrons. The van der Waals surface area contributed by atoms with Crippen molar-refractivity contribution in [3.8, 4) is 11.1 Å². The van der Waals surface area contributed by atoms with Crippen LogP contribution in [0.4, 0.5) is 8.78 Å². The van der Waals surface area contributed by atoms with Gasteiger partial charge in [0.2, 0.25) is 0 Å². The molecule has 3 heteroatoms. The van der Waals surface area contributed by atoms with Gasteiger partial charge in [-0.3, -0.25) is 0 Å². The summed E-state index contributed by atoms with van der Waals surface area (Å²) in [7, 11) is 0. The maximum absolute atomic E-state index is 14.8. The van der Waals surface area contributed by atoms with Crippen LogP contribution in [0.3, 0.4) is 0 Å². The summed E-state index contributed by atoms with van der Waals surface area (Å²) in [6.45, 7) is 2.25. The van der Waals surface area contributed by atoms with Crippen LogP contribution in [0.1, 0.15) is 87.3 Å². The van der Waals surface area contributed by atoms with Crippen LogP contribution < -0.4 is 0 Å². The molecule has 3 aromatic rings. The van der Waals surface area contributed by atoms with Crippen molar-refractivity contribution in [3.05, 3.63) is 94.0 Å². The Labute approximate surface area is 214 Å². The van der Waals surface area contributed by atoms with E-state index in [0.717, 1.165) is 18.4 Å². The van der Waals surface area contributed by atoms with Gasteiger partial charge in [0.25, 0.3) is 0 Å². The van der Waals surface area contributed by atoms with Gasteiger partial charge < -0.3 is 0 Å². The highest BCUT2D eigenvalue weighted by Gasteiger charge is 2.23. The smallest absolute Gasteiger partial charge is 0.134 e. The predicted octanol–water partition coefficient (Wildman–Crippen LogP) is 10.3. The lowest BCUT2D eigenvalue weighted by Gasteiger charge is -2.29. The zero-order valence-electron chi connectivity index (χ0n) is 20.8. The van der Waals surface area contributed by atoms with Crippen LogP contribution in [-0.4, -0.2) is 0 Å². The Morgan fingerprint density at radius 3 is 2.03 bits per heavy atom. The summed E-state index contributed by atoms with van der Waals surface area (Å²) in [5.41, 5.74) is 4.22. The molecule has 0 heterocycles. The Balaban J connectivity index is 1.26. The van der Waals surface area contributed by atoms with E-state index >= 15 is 0 Å². The second-order valence-corrected chi connectivity index (χ2v) is 10.7. The van der Waals surface area contributed by atoms with Crippen LogP contribution >= 0.6 is 11.6 Å². The van der Waals surface area contributed by atoms with Crippen LogP contribution in [0, 0.1) is 17.6 Å². The molecule has 0 saturated heterocycles. The molecular weight excluding hydrogens is 458 g/mol. The molecule has 0 nitrogen and oxygen atoms in total. The number of unbranched alkanes of at least 4 members (excludes halogenated alkanes) is 3. The summed E-state index contributed by atoms with van der Waals surface area (Å²) in [5.74, 6) is 0.278. The van der Waals surface area contributed by atoms with Crippen LogP contribution in [0.15, 0.2) is 60.7 Å². The van der Waals surface area contributed by atoms with Gasteiger partial charge in [0.15, 0.2) is 0 Å². The van der Waals surface area contributed by atoms with E-state index in [1.165, 1.54) is 81.0 Å². The minimum atomic E-state index is -0.500. The molecule has 1 saturated carbocycles. The molecule has 0 atom stereocenters. The molecule has 0 bridgehead atoms. The molecule has 0 aliphatic heterocycles. The van der Waals surface area contributed by atoms with E-state index in [2.05, 4.69) is 31.2 Å². The Hall–Kier alpha value is -2.19. The molecule has 3 aromatic carbocycles. The molecule has 0 N–H and O–H groups in total. The highest BCUT2D eigenvalue weighted by Crippen LogP contribution is 2.38. The van der Waals surface area contributed by atoms with E-state index in [0.29, 0.717) is 22.4 Å². The van der Waals surface area contributed by atoms with Crippen molar-refractivity contribution in [2.45, 2.75) is 83.5 Å². The fourth-order valence-corrected chi connectivity index (χ4v) is 5.66. The van der Waals surface area contributed by atoms with Crippen LogP contribution in [0.2, 0.25) is 5.02 Å². The SMILES string of the molecule is CCCCCCc1ccc([C@H]2CC[C@H](CCc3cc(F)c(-c4ccc(Cl)cc4)c(F)c3)CC2)cc1. The molecule has 35 heavy (non-hydrogen) atoms. The topological polar surface area (TPSA) is 0 Å². The fraction of sp³-hybridized carbons (Fsp3) is 0.438. The maximum Gasteiger partial charge on any atom is 0.134 e. The van der Waals surface area contributed by atoms with Crippen molar-refractivity contribution in [2.24, 2.45) is 5.92 Å². The molecule has 0 radical (unpaired) electrons. The second kappa shape index (κ2) is 12.7. The van der Waals surface area contributed by atoms with E-state index < -0.39 is 11.6 Å². The van der Waals surface area contributed by atoms with Gasteiger partial charge in [-0.25, -0.2) is 8.78 Å². The van der Waals surface area contributed by atoms with Crippen molar-refractivity contribution in [2.75, 3.05) is 0 Å². The number of hydrogen-bond donors (Lipinski definition) is 0. The minimum Gasteiger partial charge on any atom is -0.206 e. The van der Waals surface area contributed by atoms with Crippen LogP contribution in [0.5, 0.6) is 0 Å². The zero-order valence-corrected chi connectivity index (χ0v) is 21.6. The van der Waals surface area contributed by atoms with Gasteiger partial charge in [-0.1, -0.05) is 74.2 Å². The normalized spacial score (nSPS) is 18.1. The molecule has 0 amide bonds. The third-order valence-corrected chi connectivity index (χ3v) is 7.94. The van der Waals surface area contributed by atoms with Crippen molar-refractivity contribution < 1.29 is 8.78 Å². The number of hydrogen-bond acceptors (Lipinski definition) is 0. The van der Waals surface area contributed by atoms with Crippen LogP contribution in [-0.2, 0) is 12.8 Å². The molecule has 0 aromatic heterocycles. The van der Waals surface area contributed by atoms with Crippen LogP contribution in [0.25, 0.3) is 11.1 Å². The Bertz CT molecular complexity index is 1040. The van der Waals surface area contributed by atoms with Gasteiger partial charge in [-0.15, -0.1) is 0 Å². The Kier molecular flexibility index (Phi) is 9.38. The average Bonchev–Trinajstić information content (AvgIpc) is 2.87. The van der Waals surface area contributed by atoms with Crippen molar-refractivity contribution in [1.29, 1.82) is 0 Å². The highest BCUT2D eigenvalue weighted by molar-refractivity contribution is 6.30. The first kappa shape index (κ1) is 25.9. The Morgan fingerprint density at radius 2 is 1.40 bits per heavy atom. The third-order valence-electron chi connectivity index (χ3n) is 7.69. The van der Waals surface area contributed by atoms with Crippen molar-refractivity contribution >= 4 is 11.6 Å². The van der Waals surface area contributed by atoms with E-state index in [4.69, 9.17) is 11.6 Å². The second-order valence-electron chi connectivity index (χ2n) is 10.2. The first-order valence-electron chi connectivity index (χ1n) is 13.4. The number of halogens is 3. The minimum absolute atomic E-state index is 0.0258. The molecule has 1 aliphatic carbocycles. The molecule has 4 rings (SSSR count). The highest BCUT2D eigenvalue weighted by atomic mass is 35.5. The number of rotatable bonds is 10. The standard InChI is InChI=1S/C32H37ClF2/c1-2-3-4-5-6-23-9-13-26(14-10-23)27-15-11-24(12-16-27)7-8-25-21-30(34)32(31(35)22-25)28-17-19-29(33)20-18-28/h9-10,13-14,17-22,24,27H,2-8,11-12,15-16H2,1H3/t24-,27-. The van der Waals surface area contributed by atoms with Gasteiger partial charge >= 0.3 is 0 Å². The van der Waals surface area contributed by atoms with Crippen molar-refractivity contribution in [3.63, 3.8) is 0 Å². The van der Waals surface area contributed by atoms with Crippen molar-refractivity contribution in [1.82, 2.24) is 0 Å². The lowest BCUT2D eigenvalue weighted by atomic mass is 9.76. The summed E-state index contributed by atoms with van der Waals surface area (Å²) < 4.78 is 29.5. The molecule has 1 aliphatic rings.